The summed E-state index contributed by atoms with van der Waals surface area (Å²) in [5, 5.41) is 0. The number of rotatable bonds is 1. The molecular formula is C9H21NO2. The molecule has 1 aliphatic rings. The van der Waals surface area contributed by atoms with E-state index in [9.17, 15) is 4.79 Å². The quantitative estimate of drug-likeness (QED) is 0.563. The minimum atomic E-state index is 0.741. The fourth-order valence-electron chi connectivity index (χ4n) is 0.833. The number of hydrogen-bond donors (Lipinski definition) is 0. The molecule has 0 aromatic carbocycles. The normalized spacial score (nSPS) is 14.6. The highest BCUT2D eigenvalue weighted by Gasteiger charge is 2.19. The smallest absolute Gasteiger partial charge is 0.209 e. The van der Waals surface area contributed by atoms with Gasteiger partial charge in [0.15, 0.2) is 0 Å². The van der Waals surface area contributed by atoms with Crippen molar-refractivity contribution in [1.82, 2.24) is 4.90 Å². The highest BCUT2D eigenvalue weighted by Crippen LogP contribution is 2.09. The minimum Gasteiger partial charge on any atom is -0.388 e. The largest absolute Gasteiger partial charge is 0.388 e. The van der Waals surface area contributed by atoms with Crippen molar-refractivity contribution in [2.75, 3.05) is 27.3 Å². The third kappa shape index (κ3) is 7.54. The maximum atomic E-state index is 9.86. The second-order valence-corrected chi connectivity index (χ2v) is 2.57. The van der Waals surface area contributed by atoms with E-state index < -0.39 is 0 Å². The van der Waals surface area contributed by atoms with Crippen LogP contribution in [-0.4, -0.2) is 38.6 Å². The Balaban J connectivity index is 0. The van der Waals surface area contributed by atoms with E-state index in [0.717, 1.165) is 25.4 Å². The van der Waals surface area contributed by atoms with Gasteiger partial charge in [-0.1, -0.05) is 20.8 Å². The molecule has 0 radical (unpaired) electrons. The third-order valence-corrected chi connectivity index (χ3v) is 1.24. The highest BCUT2D eigenvalue weighted by atomic mass is 16.4. The number of carbonyl (C=O) groups excluding carboxylic acids is 1. The van der Waals surface area contributed by atoms with Gasteiger partial charge in [-0.25, -0.2) is 0 Å². The fourth-order valence-corrected chi connectivity index (χ4v) is 0.833. The minimum absolute atomic E-state index is 0.741. The summed E-state index contributed by atoms with van der Waals surface area (Å²) in [6, 6.07) is 0. The molecule has 0 atom stereocenters. The molecule has 1 fully saturated rings. The Bertz CT molecular complexity index is 90.5. The third-order valence-electron chi connectivity index (χ3n) is 1.24. The molecule has 0 spiro atoms. The first-order valence-corrected chi connectivity index (χ1v) is 4.34. The zero-order valence-corrected chi connectivity index (χ0v) is 8.83. The van der Waals surface area contributed by atoms with Crippen molar-refractivity contribution in [3.8, 4) is 0 Å². The molecule has 3 heteroatoms. The van der Waals surface area contributed by atoms with Crippen molar-refractivity contribution in [3.05, 3.63) is 0 Å². The Morgan fingerprint density at radius 2 is 1.67 bits per heavy atom. The van der Waals surface area contributed by atoms with Gasteiger partial charge >= 0.3 is 0 Å². The van der Waals surface area contributed by atoms with E-state index in [4.69, 9.17) is 0 Å². The van der Waals surface area contributed by atoms with E-state index in [1.54, 1.807) is 19.1 Å². The van der Waals surface area contributed by atoms with E-state index in [2.05, 4.69) is 11.7 Å². The van der Waals surface area contributed by atoms with Crippen LogP contribution in [0.5, 0.6) is 0 Å². The van der Waals surface area contributed by atoms with Crippen LogP contribution in [0.15, 0.2) is 0 Å². The SMILES string of the molecule is CC.CC1CN(C=O)C1.COC. The zero-order valence-electron chi connectivity index (χ0n) is 8.83. The molecule has 12 heavy (non-hydrogen) atoms. The Labute approximate surface area is 75.7 Å². The van der Waals surface area contributed by atoms with Gasteiger partial charge in [0.1, 0.15) is 0 Å². The van der Waals surface area contributed by atoms with Gasteiger partial charge in [0.05, 0.1) is 0 Å². The number of likely N-dealkylation sites (tertiary alicyclic amines) is 1. The maximum absolute atomic E-state index is 9.86. The average Bonchev–Trinajstić information content (AvgIpc) is 2.04. The van der Waals surface area contributed by atoms with Crippen LogP contribution in [0, 0.1) is 5.92 Å². The van der Waals surface area contributed by atoms with Crippen molar-refractivity contribution in [2.24, 2.45) is 5.92 Å². The topological polar surface area (TPSA) is 29.5 Å². The molecule has 0 aromatic heterocycles. The van der Waals surface area contributed by atoms with Gasteiger partial charge in [0.2, 0.25) is 6.41 Å². The van der Waals surface area contributed by atoms with Crippen molar-refractivity contribution < 1.29 is 9.53 Å². The molecule has 1 aliphatic heterocycles. The van der Waals surface area contributed by atoms with Crippen LogP contribution in [0.2, 0.25) is 0 Å². The van der Waals surface area contributed by atoms with Crippen LogP contribution in [0.3, 0.4) is 0 Å². The van der Waals surface area contributed by atoms with E-state index >= 15 is 0 Å². The van der Waals surface area contributed by atoms with Gasteiger partial charge in [0, 0.05) is 27.3 Å². The predicted octanol–water partition coefficient (Wildman–Crippen LogP) is 1.38. The van der Waals surface area contributed by atoms with Gasteiger partial charge < -0.3 is 9.64 Å². The predicted molar refractivity (Wildman–Crippen MR) is 51.1 cm³/mol. The summed E-state index contributed by atoms with van der Waals surface area (Å²) >= 11 is 0. The van der Waals surface area contributed by atoms with Crippen LogP contribution in [0.4, 0.5) is 0 Å². The van der Waals surface area contributed by atoms with E-state index in [-0.39, 0.29) is 0 Å². The summed E-state index contributed by atoms with van der Waals surface area (Å²) in [5.41, 5.74) is 0. The Morgan fingerprint density at radius 1 is 1.33 bits per heavy atom. The van der Waals surface area contributed by atoms with E-state index in [0.29, 0.717) is 0 Å². The van der Waals surface area contributed by atoms with Crippen molar-refractivity contribution in [3.63, 3.8) is 0 Å². The first-order chi connectivity index (χ1) is 5.74. The van der Waals surface area contributed by atoms with Crippen molar-refractivity contribution >= 4 is 6.41 Å². The van der Waals surface area contributed by atoms with Crippen LogP contribution in [-0.2, 0) is 9.53 Å². The average molecular weight is 175 g/mol. The molecule has 1 rings (SSSR count). The Kier molecular flexibility index (Phi) is 12.2. The number of amides is 1. The van der Waals surface area contributed by atoms with E-state index in [1.807, 2.05) is 13.8 Å². The number of methoxy groups -OCH3 is 1. The lowest BCUT2D eigenvalue weighted by atomic mass is 10.1. The second-order valence-electron chi connectivity index (χ2n) is 2.57. The molecule has 1 amide bonds. The monoisotopic (exact) mass is 175 g/mol. The van der Waals surface area contributed by atoms with Gasteiger partial charge in [0.25, 0.3) is 0 Å². The molecule has 74 valence electrons. The first-order valence-electron chi connectivity index (χ1n) is 4.34. The molecule has 0 aliphatic carbocycles. The van der Waals surface area contributed by atoms with Crippen LogP contribution in [0.1, 0.15) is 20.8 Å². The molecule has 3 nitrogen and oxygen atoms in total. The molecule has 1 saturated heterocycles. The number of carbonyl (C=O) groups is 1. The Hall–Kier alpha value is -0.570. The van der Waals surface area contributed by atoms with Crippen LogP contribution in [0.25, 0.3) is 0 Å². The maximum Gasteiger partial charge on any atom is 0.209 e. The second kappa shape index (κ2) is 10.4. The van der Waals surface area contributed by atoms with Crippen LogP contribution < -0.4 is 0 Å². The van der Waals surface area contributed by atoms with Crippen LogP contribution >= 0.6 is 0 Å². The van der Waals surface area contributed by atoms with Gasteiger partial charge in [-0.15, -0.1) is 0 Å². The lowest BCUT2D eigenvalue weighted by Gasteiger charge is -2.33. The summed E-state index contributed by atoms with van der Waals surface area (Å²) in [4.78, 5) is 11.6. The molecular weight excluding hydrogens is 154 g/mol. The highest BCUT2D eigenvalue weighted by molar-refractivity contribution is 5.48. The number of nitrogens with zero attached hydrogens (tertiary/aromatic N) is 1. The summed E-state index contributed by atoms with van der Waals surface area (Å²) in [6.45, 7) is 8.06. The molecule has 0 unspecified atom stereocenters. The summed E-state index contributed by atoms with van der Waals surface area (Å²) in [7, 11) is 3.25. The molecule has 1 heterocycles. The molecule has 0 bridgehead atoms. The van der Waals surface area contributed by atoms with Gasteiger partial charge in [-0.05, 0) is 5.92 Å². The Morgan fingerprint density at radius 3 is 1.75 bits per heavy atom. The van der Waals surface area contributed by atoms with Gasteiger partial charge in [-0.2, -0.15) is 0 Å². The molecule has 0 aromatic rings. The van der Waals surface area contributed by atoms with Crippen molar-refractivity contribution in [1.29, 1.82) is 0 Å². The lowest BCUT2D eigenvalue weighted by Crippen LogP contribution is -2.43. The van der Waals surface area contributed by atoms with Gasteiger partial charge in [-0.3, -0.25) is 4.79 Å². The number of ether oxygens (including phenoxy) is 1. The van der Waals surface area contributed by atoms with E-state index in [1.165, 1.54) is 0 Å². The molecule has 0 saturated carbocycles. The number of hydrogen-bond acceptors (Lipinski definition) is 2. The summed E-state index contributed by atoms with van der Waals surface area (Å²) < 4.78 is 4.25. The van der Waals surface area contributed by atoms with Crippen molar-refractivity contribution in [2.45, 2.75) is 20.8 Å². The lowest BCUT2D eigenvalue weighted by molar-refractivity contribution is -0.123. The summed E-state index contributed by atoms with van der Waals surface area (Å²) in [5.74, 6) is 0.741. The zero-order chi connectivity index (χ0) is 9.98. The standard InChI is InChI=1S/C5H9NO.C2H6O.C2H6/c1-5-2-6(3-5)4-7;1-3-2;1-2/h4-5H,2-3H2,1H3;1-2H3;1-2H3. The molecule has 0 N–H and O–H groups in total. The summed E-state index contributed by atoms with van der Waals surface area (Å²) in [6.07, 6.45) is 0.903. The first kappa shape index (κ1) is 14.0. The fraction of sp³-hybridized carbons (Fsp3) is 0.889.